The molecule has 1 atom stereocenters. The van der Waals surface area contributed by atoms with Crippen molar-refractivity contribution in [2.75, 3.05) is 17.2 Å². The highest BCUT2D eigenvalue weighted by molar-refractivity contribution is 9.10. The number of nitrogens with one attached hydrogen (secondary N) is 2. The van der Waals surface area contributed by atoms with Crippen LogP contribution in [0.25, 0.3) is 0 Å². The summed E-state index contributed by atoms with van der Waals surface area (Å²) in [6.07, 6.45) is 1.04. The molecule has 0 aliphatic carbocycles. The van der Waals surface area contributed by atoms with Gasteiger partial charge in [0.2, 0.25) is 0 Å². The fraction of sp³-hybridized carbons (Fsp3) is 0.200. The van der Waals surface area contributed by atoms with Crippen LogP contribution in [0.15, 0.2) is 71.2 Å². The lowest BCUT2D eigenvalue weighted by Crippen LogP contribution is -2.20. The first-order chi connectivity index (χ1) is 15.4. The molecule has 0 saturated heterocycles. The van der Waals surface area contributed by atoms with Gasteiger partial charge in [0.25, 0.3) is 11.8 Å². The summed E-state index contributed by atoms with van der Waals surface area (Å²) in [5.41, 5.74) is 2.50. The second-order valence-electron chi connectivity index (χ2n) is 7.38. The maximum Gasteiger partial charge on any atom is 0.262 e. The minimum absolute atomic E-state index is 0.173. The van der Waals surface area contributed by atoms with E-state index in [1.54, 1.807) is 24.3 Å². The average molecular weight is 499 g/mol. The van der Waals surface area contributed by atoms with Crippen molar-refractivity contribution in [3.05, 3.63) is 88.1 Å². The van der Waals surface area contributed by atoms with Gasteiger partial charge in [-0.15, -0.1) is 0 Å². The van der Waals surface area contributed by atoms with E-state index in [4.69, 9.17) is 4.74 Å². The third-order valence-electron chi connectivity index (χ3n) is 5.01. The monoisotopic (exact) mass is 498 g/mol. The summed E-state index contributed by atoms with van der Waals surface area (Å²) in [5.74, 6) is -0.0717. The zero-order chi connectivity index (χ0) is 23.1. The van der Waals surface area contributed by atoms with Gasteiger partial charge in [0.15, 0.2) is 6.61 Å². The Balaban J connectivity index is 1.57. The molecule has 166 valence electrons. The fourth-order valence-electron chi connectivity index (χ4n) is 2.99. The van der Waals surface area contributed by atoms with Crippen molar-refractivity contribution < 1.29 is 18.7 Å². The first-order valence-electron chi connectivity index (χ1n) is 10.2. The molecule has 0 aliphatic heterocycles. The van der Waals surface area contributed by atoms with Crippen LogP contribution < -0.4 is 15.4 Å². The summed E-state index contributed by atoms with van der Waals surface area (Å²) >= 11 is 3.50. The van der Waals surface area contributed by atoms with Gasteiger partial charge in [0.1, 0.15) is 11.6 Å². The lowest BCUT2D eigenvalue weighted by atomic mass is 9.99. The van der Waals surface area contributed by atoms with Gasteiger partial charge in [-0.25, -0.2) is 4.39 Å². The largest absolute Gasteiger partial charge is 0.483 e. The molecule has 3 rings (SSSR count). The molecule has 0 fully saturated rings. The lowest BCUT2D eigenvalue weighted by Gasteiger charge is -2.13. The maximum atomic E-state index is 13.0. The number of benzene rings is 3. The van der Waals surface area contributed by atoms with Crippen LogP contribution >= 0.6 is 15.9 Å². The average Bonchev–Trinajstić information content (AvgIpc) is 2.79. The highest BCUT2D eigenvalue weighted by Crippen LogP contribution is 2.30. The summed E-state index contributed by atoms with van der Waals surface area (Å²) in [6.45, 7) is 4.12. The van der Waals surface area contributed by atoms with Gasteiger partial charge in [0, 0.05) is 16.9 Å². The Bertz CT molecular complexity index is 1100. The molecule has 0 spiro atoms. The third kappa shape index (κ3) is 6.40. The van der Waals surface area contributed by atoms with Crippen LogP contribution in [0.3, 0.4) is 0 Å². The van der Waals surface area contributed by atoms with Crippen molar-refractivity contribution in [2.45, 2.75) is 26.2 Å². The second kappa shape index (κ2) is 10.9. The molecule has 32 heavy (non-hydrogen) atoms. The van der Waals surface area contributed by atoms with Crippen LogP contribution in [0.4, 0.5) is 15.8 Å². The molecule has 0 bridgehead atoms. The topological polar surface area (TPSA) is 67.4 Å². The second-order valence-corrected chi connectivity index (χ2v) is 8.23. The standard InChI is InChI=1S/C25H24BrFN2O3/c1-3-16(2)17-7-12-23(22(26)14-17)32-15-24(30)28-21-6-4-5-18(13-21)25(31)29-20-10-8-19(27)9-11-20/h4-14,16H,3,15H2,1-2H3,(H,28,30)(H,29,31). The fourth-order valence-corrected chi connectivity index (χ4v) is 3.50. The molecule has 0 aromatic heterocycles. The SMILES string of the molecule is CCC(C)c1ccc(OCC(=O)Nc2cccc(C(=O)Nc3ccc(F)cc3)c2)c(Br)c1. The van der Waals surface area contributed by atoms with Crippen molar-refractivity contribution in [3.63, 3.8) is 0 Å². The summed E-state index contributed by atoms with van der Waals surface area (Å²) in [6, 6.07) is 17.9. The summed E-state index contributed by atoms with van der Waals surface area (Å²) < 4.78 is 19.4. The molecule has 0 aliphatic rings. The smallest absolute Gasteiger partial charge is 0.262 e. The molecule has 1 unspecified atom stereocenters. The Morgan fingerprint density at radius 1 is 1.00 bits per heavy atom. The Kier molecular flexibility index (Phi) is 8.00. The molecule has 0 radical (unpaired) electrons. The predicted octanol–water partition coefficient (Wildman–Crippen LogP) is 6.37. The van der Waals surface area contributed by atoms with Gasteiger partial charge in [-0.1, -0.05) is 26.0 Å². The van der Waals surface area contributed by atoms with Crippen LogP contribution in [-0.4, -0.2) is 18.4 Å². The van der Waals surface area contributed by atoms with E-state index in [2.05, 4.69) is 40.4 Å². The van der Waals surface area contributed by atoms with E-state index >= 15 is 0 Å². The molecule has 2 amide bonds. The first kappa shape index (κ1) is 23.5. The molecule has 3 aromatic rings. The number of carbonyl (C=O) groups is 2. The van der Waals surface area contributed by atoms with Gasteiger partial charge in [-0.2, -0.15) is 0 Å². The van der Waals surface area contributed by atoms with Crippen LogP contribution in [0, 0.1) is 5.82 Å². The van der Waals surface area contributed by atoms with Crippen molar-refractivity contribution in [2.24, 2.45) is 0 Å². The molecular formula is C25H24BrFN2O3. The maximum absolute atomic E-state index is 13.0. The zero-order valence-corrected chi connectivity index (χ0v) is 19.4. The number of hydrogen-bond donors (Lipinski definition) is 2. The molecular weight excluding hydrogens is 475 g/mol. The van der Waals surface area contributed by atoms with E-state index in [1.165, 1.54) is 29.8 Å². The number of rotatable bonds is 8. The van der Waals surface area contributed by atoms with E-state index in [1.807, 2.05) is 18.2 Å². The van der Waals surface area contributed by atoms with Crippen molar-refractivity contribution in [1.82, 2.24) is 0 Å². The third-order valence-corrected chi connectivity index (χ3v) is 5.63. The Morgan fingerprint density at radius 2 is 1.75 bits per heavy atom. The molecule has 2 N–H and O–H groups in total. The van der Waals surface area contributed by atoms with E-state index in [0.29, 0.717) is 28.6 Å². The highest BCUT2D eigenvalue weighted by Gasteiger charge is 2.11. The van der Waals surface area contributed by atoms with E-state index in [9.17, 15) is 14.0 Å². The van der Waals surface area contributed by atoms with Gasteiger partial charge >= 0.3 is 0 Å². The van der Waals surface area contributed by atoms with Gasteiger partial charge in [-0.05, 0) is 88.4 Å². The normalized spacial score (nSPS) is 11.5. The van der Waals surface area contributed by atoms with Crippen LogP contribution in [-0.2, 0) is 4.79 Å². The molecule has 0 saturated carbocycles. The first-order valence-corrected chi connectivity index (χ1v) is 11.0. The van der Waals surface area contributed by atoms with E-state index in [-0.39, 0.29) is 24.2 Å². The summed E-state index contributed by atoms with van der Waals surface area (Å²) in [4.78, 5) is 24.8. The minimum Gasteiger partial charge on any atom is -0.483 e. The molecule has 7 heteroatoms. The number of anilines is 2. The molecule has 3 aromatic carbocycles. The Labute approximate surface area is 195 Å². The van der Waals surface area contributed by atoms with Crippen LogP contribution in [0.1, 0.15) is 42.1 Å². The Morgan fingerprint density at radius 3 is 2.44 bits per heavy atom. The van der Waals surface area contributed by atoms with Crippen molar-refractivity contribution in [3.8, 4) is 5.75 Å². The van der Waals surface area contributed by atoms with Crippen molar-refractivity contribution in [1.29, 1.82) is 0 Å². The van der Waals surface area contributed by atoms with Crippen molar-refractivity contribution >= 4 is 39.1 Å². The minimum atomic E-state index is -0.381. The van der Waals surface area contributed by atoms with Gasteiger partial charge < -0.3 is 15.4 Å². The van der Waals surface area contributed by atoms with Crippen LogP contribution in [0.2, 0.25) is 0 Å². The van der Waals surface area contributed by atoms with E-state index < -0.39 is 0 Å². The summed E-state index contributed by atoms with van der Waals surface area (Å²) in [5, 5.41) is 5.42. The molecule has 5 nitrogen and oxygen atoms in total. The zero-order valence-electron chi connectivity index (χ0n) is 17.8. The van der Waals surface area contributed by atoms with Gasteiger partial charge in [-0.3, -0.25) is 9.59 Å². The summed E-state index contributed by atoms with van der Waals surface area (Å²) in [7, 11) is 0. The van der Waals surface area contributed by atoms with Gasteiger partial charge in [0.05, 0.1) is 4.47 Å². The number of carbonyl (C=O) groups excluding carboxylic acids is 2. The number of hydrogen-bond acceptors (Lipinski definition) is 3. The number of amides is 2. The van der Waals surface area contributed by atoms with Crippen LogP contribution in [0.5, 0.6) is 5.75 Å². The predicted molar refractivity (Wildman–Crippen MR) is 128 cm³/mol. The quantitative estimate of drug-likeness (QED) is 0.379. The Hall–Kier alpha value is -3.19. The van der Waals surface area contributed by atoms with E-state index in [0.717, 1.165) is 10.9 Å². The highest BCUT2D eigenvalue weighted by atomic mass is 79.9. The number of ether oxygens (including phenoxy) is 1. The molecule has 0 heterocycles. The lowest BCUT2D eigenvalue weighted by molar-refractivity contribution is -0.118. The number of halogens is 2.